The zero-order valence-electron chi connectivity index (χ0n) is 14.0. The average molecular weight is 352 g/mol. The second-order valence-electron chi connectivity index (χ2n) is 7.08. The largest absolute Gasteiger partial charge is 0.327 e. The maximum Gasteiger partial charge on any atom is 0.279 e. The summed E-state index contributed by atoms with van der Waals surface area (Å²) in [4.78, 5) is 13.7. The Hall–Kier alpha value is -1.44. The summed E-state index contributed by atoms with van der Waals surface area (Å²) in [5, 5.41) is 2.86. The summed E-state index contributed by atoms with van der Waals surface area (Å²) in [6.45, 7) is 4.80. The predicted molar refractivity (Wildman–Crippen MR) is 92.4 cm³/mol. The van der Waals surface area contributed by atoms with Crippen LogP contribution in [0.4, 0.5) is 5.69 Å². The van der Waals surface area contributed by atoms with Crippen LogP contribution in [0.1, 0.15) is 32.6 Å². The van der Waals surface area contributed by atoms with E-state index in [0.717, 1.165) is 31.8 Å². The van der Waals surface area contributed by atoms with Crippen molar-refractivity contribution < 1.29 is 18.1 Å². The van der Waals surface area contributed by atoms with Crippen LogP contribution < -0.4 is 14.9 Å². The Morgan fingerprint density at radius 1 is 1.12 bits per heavy atom. The van der Waals surface area contributed by atoms with Crippen molar-refractivity contribution in [2.75, 3.05) is 25.0 Å². The van der Waals surface area contributed by atoms with E-state index in [1.54, 1.807) is 12.1 Å². The van der Waals surface area contributed by atoms with Crippen molar-refractivity contribution >= 4 is 21.6 Å². The van der Waals surface area contributed by atoms with Crippen LogP contribution in [0, 0.1) is 5.92 Å². The summed E-state index contributed by atoms with van der Waals surface area (Å²) in [5.74, 6) is 0.738. The molecule has 0 spiro atoms. The minimum absolute atomic E-state index is 0.0220. The van der Waals surface area contributed by atoms with Gasteiger partial charge in [0.1, 0.15) is 0 Å². The number of quaternary nitrogens is 1. The molecule has 1 aliphatic heterocycles. The lowest BCUT2D eigenvalue weighted by atomic mass is 9.99. The first-order valence-corrected chi connectivity index (χ1v) is 10.2. The van der Waals surface area contributed by atoms with Gasteiger partial charge in [-0.1, -0.05) is 6.92 Å². The van der Waals surface area contributed by atoms with Gasteiger partial charge in [0.05, 0.1) is 18.0 Å². The molecule has 1 aliphatic carbocycles. The van der Waals surface area contributed by atoms with Gasteiger partial charge in [-0.25, -0.2) is 13.1 Å². The van der Waals surface area contributed by atoms with E-state index in [1.165, 1.54) is 29.9 Å². The first-order valence-electron chi connectivity index (χ1n) is 8.68. The Balaban J connectivity index is 1.52. The Labute approximate surface area is 143 Å². The molecule has 1 aromatic carbocycles. The second-order valence-corrected chi connectivity index (χ2v) is 8.79. The zero-order valence-corrected chi connectivity index (χ0v) is 14.9. The van der Waals surface area contributed by atoms with E-state index < -0.39 is 10.0 Å². The summed E-state index contributed by atoms with van der Waals surface area (Å²) < 4.78 is 26.9. The van der Waals surface area contributed by atoms with Crippen LogP contribution in [0.2, 0.25) is 0 Å². The highest BCUT2D eigenvalue weighted by Gasteiger charge is 2.28. The van der Waals surface area contributed by atoms with E-state index in [1.807, 2.05) is 0 Å². The molecule has 3 rings (SSSR count). The smallest absolute Gasteiger partial charge is 0.279 e. The van der Waals surface area contributed by atoms with Gasteiger partial charge in [0, 0.05) is 11.7 Å². The summed E-state index contributed by atoms with van der Waals surface area (Å²) in [7, 11) is -3.44. The predicted octanol–water partition coefficient (Wildman–Crippen LogP) is 0.381. The third-order valence-corrected chi connectivity index (χ3v) is 6.28. The molecule has 2 fully saturated rings. The normalized spacial score (nSPS) is 24.5. The van der Waals surface area contributed by atoms with Gasteiger partial charge in [0.15, 0.2) is 6.54 Å². The summed E-state index contributed by atoms with van der Waals surface area (Å²) >= 11 is 0. The molecule has 3 N–H and O–H groups in total. The van der Waals surface area contributed by atoms with E-state index >= 15 is 0 Å². The summed E-state index contributed by atoms with van der Waals surface area (Å²) in [6, 6.07) is 6.45. The Kier molecular flexibility index (Phi) is 5.22. The molecule has 24 heavy (non-hydrogen) atoms. The van der Waals surface area contributed by atoms with E-state index in [2.05, 4.69) is 17.0 Å². The van der Waals surface area contributed by atoms with Gasteiger partial charge in [-0.15, -0.1) is 0 Å². The van der Waals surface area contributed by atoms with Crippen molar-refractivity contribution in [1.29, 1.82) is 0 Å². The number of likely N-dealkylation sites (tertiary alicyclic amines) is 1. The SMILES string of the molecule is CC1CC[NH+](CC(=O)Nc2ccc(S(=O)(=O)NC3CC3)cc2)CC1. The average Bonchev–Trinajstić information content (AvgIpc) is 3.33. The van der Waals surface area contributed by atoms with Crippen LogP contribution >= 0.6 is 0 Å². The molecule has 1 saturated heterocycles. The van der Waals surface area contributed by atoms with Crippen LogP contribution in [-0.2, 0) is 14.8 Å². The number of anilines is 1. The maximum absolute atomic E-state index is 12.1. The molecule has 0 atom stereocenters. The molecule has 1 saturated carbocycles. The molecule has 0 unspecified atom stereocenters. The van der Waals surface area contributed by atoms with E-state index in [-0.39, 0.29) is 16.8 Å². The molecule has 0 bridgehead atoms. The van der Waals surface area contributed by atoms with Crippen LogP contribution in [0.15, 0.2) is 29.2 Å². The fourth-order valence-corrected chi connectivity index (χ4v) is 4.29. The van der Waals surface area contributed by atoms with Crippen molar-refractivity contribution in [1.82, 2.24) is 4.72 Å². The topological polar surface area (TPSA) is 79.7 Å². The minimum Gasteiger partial charge on any atom is -0.327 e. The van der Waals surface area contributed by atoms with Gasteiger partial charge in [0.25, 0.3) is 5.91 Å². The highest BCUT2D eigenvalue weighted by atomic mass is 32.2. The van der Waals surface area contributed by atoms with Crippen molar-refractivity contribution in [2.24, 2.45) is 5.92 Å². The number of nitrogens with one attached hydrogen (secondary N) is 3. The van der Waals surface area contributed by atoms with Crippen molar-refractivity contribution in [2.45, 2.75) is 43.5 Å². The number of rotatable bonds is 6. The zero-order chi connectivity index (χ0) is 17.2. The standard InChI is InChI=1S/C17H25N3O3S/c1-13-8-10-20(11-9-13)12-17(21)18-14-4-6-16(7-5-14)24(22,23)19-15-2-3-15/h4-7,13,15,19H,2-3,8-12H2,1H3,(H,18,21)/p+1. The lowest BCUT2D eigenvalue weighted by Crippen LogP contribution is -3.14. The van der Waals surface area contributed by atoms with Gasteiger partial charge < -0.3 is 10.2 Å². The quantitative estimate of drug-likeness (QED) is 0.693. The van der Waals surface area contributed by atoms with Gasteiger partial charge in [-0.2, -0.15) is 0 Å². The molecule has 0 aromatic heterocycles. The first-order chi connectivity index (χ1) is 11.4. The van der Waals surface area contributed by atoms with E-state index in [4.69, 9.17) is 0 Å². The lowest BCUT2D eigenvalue weighted by molar-refractivity contribution is -0.897. The van der Waals surface area contributed by atoms with Crippen LogP contribution in [-0.4, -0.2) is 40.0 Å². The number of piperidine rings is 1. The molecule has 2 aliphatic rings. The van der Waals surface area contributed by atoms with Gasteiger partial charge >= 0.3 is 0 Å². The number of amides is 1. The Morgan fingerprint density at radius 2 is 1.75 bits per heavy atom. The van der Waals surface area contributed by atoms with Gasteiger partial charge in [-0.3, -0.25) is 4.79 Å². The first kappa shape index (κ1) is 17.4. The molecule has 1 heterocycles. The molecule has 7 heteroatoms. The molecular formula is C17H26N3O3S+. The number of hydrogen-bond donors (Lipinski definition) is 3. The number of carbonyl (C=O) groups is 1. The van der Waals surface area contributed by atoms with Crippen molar-refractivity contribution in [3.63, 3.8) is 0 Å². The Morgan fingerprint density at radius 3 is 2.33 bits per heavy atom. The highest BCUT2D eigenvalue weighted by molar-refractivity contribution is 7.89. The van der Waals surface area contributed by atoms with Crippen molar-refractivity contribution in [3.8, 4) is 0 Å². The number of sulfonamides is 1. The third kappa shape index (κ3) is 4.78. The molecule has 132 valence electrons. The van der Waals surface area contributed by atoms with Crippen molar-refractivity contribution in [3.05, 3.63) is 24.3 Å². The van der Waals surface area contributed by atoms with Gasteiger partial charge in [0.2, 0.25) is 10.0 Å². The highest BCUT2D eigenvalue weighted by Crippen LogP contribution is 2.22. The van der Waals surface area contributed by atoms with Gasteiger partial charge in [-0.05, 0) is 55.9 Å². The van der Waals surface area contributed by atoms with E-state index in [9.17, 15) is 13.2 Å². The summed E-state index contributed by atoms with van der Waals surface area (Å²) in [6.07, 6.45) is 4.16. The molecule has 1 aromatic rings. The number of benzene rings is 1. The molecule has 1 amide bonds. The molecular weight excluding hydrogens is 326 g/mol. The van der Waals surface area contributed by atoms with Crippen LogP contribution in [0.3, 0.4) is 0 Å². The number of carbonyl (C=O) groups excluding carboxylic acids is 1. The third-order valence-electron chi connectivity index (χ3n) is 4.74. The maximum atomic E-state index is 12.1. The lowest BCUT2D eigenvalue weighted by Gasteiger charge is -2.26. The summed E-state index contributed by atoms with van der Waals surface area (Å²) in [5.41, 5.74) is 0.634. The van der Waals surface area contributed by atoms with E-state index in [0.29, 0.717) is 12.2 Å². The number of hydrogen-bond acceptors (Lipinski definition) is 3. The van der Waals surface area contributed by atoms with Crippen LogP contribution in [0.25, 0.3) is 0 Å². The monoisotopic (exact) mass is 352 g/mol. The fourth-order valence-electron chi connectivity index (χ4n) is 2.99. The Bertz CT molecular complexity index is 676. The molecule has 6 nitrogen and oxygen atoms in total. The fraction of sp³-hybridized carbons (Fsp3) is 0.588. The second kappa shape index (κ2) is 7.21. The van der Waals surface area contributed by atoms with Crippen LogP contribution in [0.5, 0.6) is 0 Å². The minimum atomic E-state index is -3.44. The molecule has 0 radical (unpaired) electrons.